The topological polar surface area (TPSA) is 91.7 Å². The number of aromatic carboxylic acids is 1. The number of carbonyl (C=O) groups excluding carboxylic acids is 1. The van der Waals surface area contributed by atoms with Crippen molar-refractivity contribution in [3.63, 3.8) is 0 Å². The van der Waals surface area contributed by atoms with E-state index >= 15 is 0 Å². The maximum absolute atomic E-state index is 12.1. The minimum absolute atomic E-state index is 0.00909. The monoisotopic (exact) mass is 297 g/mol. The molecule has 0 aliphatic carbocycles. The lowest BCUT2D eigenvalue weighted by atomic mass is 10.2. The second kappa shape index (κ2) is 5.62. The van der Waals surface area contributed by atoms with E-state index < -0.39 is 27.5 Å². The fourth-order valence-corrected chi connectivity index (χ4v) is 3.33. The lowest BCUT2D eigenvalue weighted by Gasteiger charge is -2.15. The molecule has 2 rings (SSSR count). The first kappa shape index (κ1) is 14.5. The van der Waals surface area contributed by atoms with Crippen molar-refractivity contribution in [1.82, 2.24) is 4.90 Å². The van der Waals surface area contributed by atoms with Crippen LogP contribution in [0.2, 0.25) is 0 Å². The summed E-state index contributed by atoms with van der Waals surface area (Å²) in [4.78, 5) is 24.1. The molecule has 1 aliphatic heterocycles. The number of carboxylic acid groups (broad SMARTS) is 1. The Bertz CT molecular complexity index is 615. The molecule has 1 aliphatic rings. The number of nitrogens with zero attached hydrogens (tertiary/aromatic N) is 1. The van der Waals surface area contributed by atoms with Crippen LogP contribution in [-0.2, 0) is 14.6 Å². The van der Waals surface area contributed by atoms with Gasteiger partial charge in [0.15, 0.2) is 9.84 Å². The van der Waals surface area contributed by atoms with Gasteiger partial charge in [-0.2, -0.15) is 0 Å². The van der Waals surface area contributed by atoms with Crippen LogP contribution in [0.1, 0.15) is 23.2 Å². The highest BCUT2D eigenvalue weighted by atomic mass is 32.2. The summed E-state index contributed by atoms with van der Waals surface area (Å²) in [5.41, 5.74) is 0.00909. The van der Waals surface area contributed by atoms with Crippen LogP contribution in [0.3, 0.4) is 0 Å². The number of carbonyl (C=O) groups is 2. The number of rotatable bonds is 4. The summed E-state index contributed by atoms with van der Waals surface area (Å²) in [6.45, 7) is 1.21. The van der Waals surface area contributed by atoms with Crippen LogP contribution in [-0.4, -0.2) is 49.1 Å². The SMILES string of the molecule is O=C(O)c1ccc(S(=O)(=O)CC(=O)N2CCCC2)cc1. The molecule has 0 bridgehead atoms. The van der Waals surface area contributed by atoms with E-state index in [1.807, 2.05) is 0 Å². The molecule has 0 atom stereocenters. The van der Waals surface area contributed by atoms with Gasteiger partial charge in [-0.3, -0.25) is 4.79 Å². The molecular formula is C13H15NO5S. The fourth-order valence-electron chi connectivity index (χ4n) is 2.11. The molecule has 0 spiro atoms. The number of sulfone groups is 1. The summed E-state index contributed by atoms with van der Waals surface area (Å²) >= 11 is 0. The quantitative estimate of drug-likeness (QED) is 0.886. The zero-order chi connectivity index (χ0) is 14.8. The van der Waals surface area contributed by atoms with Crippen molar-refractivity contribution in [3.8, 4) is 0 Å². The minimum atomic E-state index is -3.72. The van der Waals surface area contributed by atoms with Crippen LogP contribution >= 0.6 is 0 Å². The Labute approximate surface area is 116 Å². The Kier molecular flexibility index (Phi) is 4.08. The highest BCUT2D eigenvalue weighted by Crippen LogP contribution is 2.15. The zero-order valence-electron chi connectivity index (χ0n) is 10.8. The maximum Gasteiger partial charge on any atom is 0.335 e. The molecule has 1 aromatic carbocycles. The molecule has 1 saturated heterocycles. The van der Waals surface area contributed by atoms with Gasteiger partial charge in [0.1, 0.15) is 5.75 Å². The van der Waals surface area contributed by atoms with E-state index in [0.29, 0.717) is 13.1 Å². The van der Waals surface area contributed by atoms with Gasteiger partial charge in [0, 0.05) is 13.1 Å². The molecule has 7 heteroatoms. The van der Waals surface area contributed by atoms with Crippen molar-refractivity contribution in [3.05, 3.63) is 29.8 Å². The van der Waals surface area contributed by atoms with Gasteiger partial charge in [-0.1, -0.05) is 0 Å². The summed E-state index contributed by atoms with van der Waals surface area (Å²) in [7, 11) is -3.72. The zero-order valence-corrected chi connectivity index (χ0v) is 11.6. The van der Waals surface area contributed by atoms with Gasteiger partial charge in [0.05, 0.1) is 10.5 Å². The molecule has 1 heterocycles. The number of hydrogen-bond acceptors (Lipinski definition) is 4. The van der Waals surface area contributed by atoms with Crippen molar-refractivity contribution in [2.45, 2.75) is 17.7 Å². The van der Waals surface area contributed by atoms with Crippen molar-refractivity contribution < 1.29 is 23.1 Å². The second-order valence-corrected chi connectivity index (χ2v) is 6.67. The van der Waals surface area contributed by atoms with Gasteiger partial charge in [-0.15, -0.1) is 0 Å². The predicted octanol–water partition coefficient (Wildman–Crippen LogP) is 0.781. The summed E-state index contributed by atoms with van der Waals surface area (Å²) < 4.78 is 24.2. The molecule has 1 aromatic rings. The fraction of sp³-hybridized carbons (Fsp3) is 0.385. The van der Waals surface area contributed by atoms with Crippen LogP contribution in [0.15, 0.2) is 29.2 Å². The van der Waals surface area contributed by atoms with Gasteiger partial charge in [-0.25, -0.2) is 13.2 Å². The summed E-state index contributed by atoms with van der Waals surface area (Å²) in [6, 6.07) is 4.87. The van der Waals surface area contributed by atoms with Gasteiger partial charge in [-0.05, 0) is 37.1 Å². The second-order valence-electron chi connectivity index (χ2n) is 4.68. The Morgan fingerprint density at radius 1 is 1.10 bits per heavy atom. The summed E-state index contributed by atoms with van der Waals surface area (Å²) in [6.07, 6.45) is 1.80. The third kappa shape index (κ3) is 3.16. The Morgan fingerprint density at radius 2 is 1.65 bits per heavy atom. The third-order valence-electron chi connectivity index (χ3n) is 3.23. The van der Waals surface area contributed by atoms with Crippen molar-refractivity contribution in [2.75, 3.05) is 18.8 Å². The third-order valence-corrected chi connectivity index (χ3v) is 4.85. The molecular weight excluding hydrogens is 282 g/mol. The molecule has 0 aromatic heterocycles. The lowest BCUT2D eigenvalue weighted by molar-refractivity contribution is -0.127. The van der Waals surface area contributed by atoms with Crippen LogP contribution in [0, 0.1) is 0 Å². The maximum atomic E-state index is 12.1. The predicted molar refractivity (Wildman–Crippen MR) is 71.3 cm³/mol. The Morgan fingerprint density at radius 3 is 2.15 bits per heavy atom. The van der Waals surface area contributed by atoms with Crippen LogP contribution < -0.4 is 0 Å². The van der Waals surface area contributed by atoms with E-state index in [1.165, 1.54) is 24.3 Å². The number of hydrogen-bond donors (Lipinski definition) is 1. The molecule has 0 saturated carbocycles. The van der Waals surface area contributed by atoms with E-state index in [-0.39, 0.29) is 10.5 Å². The first-order valence-corrected chi connectivity index (χ1v) is 7.89. The van der Waals surface area contributed by atoms with E-state index in [2.05, 4.69) is 0 Å². The van der Waals surface area contributed by atoms with Gasteiger partial charge < -0.3 is 10.0 Å². The normalized spacial score (nSPS) is 15.3. The van der Waals surface area contributed by atoms with E-state index in [4.69, 9.17) is 5.11 Å². The minimum Gasteiger partial charge on any atom is -0.478 e. The molecule has 1 fully saturated rings. The summed E-state index contributed by atoms with van der Waals surface area (Å²) in [5.74, 6) is -2.09. The molecule has 0 unspecified atom stereocenters. The largest absolute Gasteiger partial charge is 0.478 e. The average molecular weight is 297 g/mol. The molecule has 1 N–H and O–H groups in total. The molecule has 108 valence electrons. The summed E-state index contributed by atoms with van der Waals surface area (Å²) in [5, 5.41) is 8.76. The van der Waals surface area contributed by atoms with Crippen molar-refractivity contribution in [2.24, 2.45) is 0 Å². The highest BCUT2D eigenvalue weighted by molar-refractivity contribution is 7.92. The number of carboxylic acids is 1. The molecule has 6 nitrogen and oxygen atoms in total. The highest BCUT2D eigenvalue weighted by Gasteiger charge is 2.25. The van der Waals surface area contributed by atoms with Crippen LogP contribution in [0.5, 0.6) is 0 Å². The lowest BCUT2D eigenvalue weighted by Crippen LogP contribution is -2.33. The van der Waals surface area contributed by atoms with E-state index in [0.717, 1.165) is 12.8 Å². The van der Waals surface area contributed by atoms with Gasteiger partial charge in [0.2, 0.25) is 5.91 Å². The standard InChI is InChI=1S/C13H15NO5S/c15-12(14-7-1-2-8-14)9-20(18,19)11-5-3-10(4-6-11)13(16)17/h3-6H,1-2,7-9H2,(H,16,17). The first-order valence-electron chi connectivity index (χ1n) is 6.24. The molecule has 1 amide bonds. The molecule has 20 heavy (non-hydrogen) atoms. The van der Waals surface area contributed by atoms with Crippen molar-refractivity contribution in [1.29, 1.82) is 0 Å². The Balaban J connectivity index is 2.13. The Hall–Kier alpha value is -1.89. The van der Waals surface area contributed by atoms with Gasteiger partial charge in [0.25, 0.3) is 0 Å². The molecule has 0 radical (unpaired) electrons. The number of likely N-dealkylation sites (tertiary alicyclic amines) is 1. The van der Waals surface area contributed by atoms with Crippen LogP contribution in [0.4, 0.5) is 0 Å². The smallest absolute Gasteiger partial charge is 0.335 e. The number of amides is 1. The van der Waals surface area contributed by atoms with Crippen LogP contribution in [0.25, 0.3) is 0 Å². The number of benzene rings is 1. The van der Waals surface area contributed by atoms with Crippen molar-refractivity contribution >= 4 is 21.7 Å². The van der Waals surface area contributed by atoms with Gasteiger partial charge >= 0.3 is 5.97 Å². The average Bonchev–Trinajstić information content (AvgIpc) is 2.92. The van der Waals surface area contributed by atoms with E-state index in [1.54, 1.807) is 4.90 Å². The first-order chi connectivity index (χ1) is 9.40. The van der Waals surface area contributed by atoms with E-state index in [9.17, 15) is 18.0 Å².